The molecule has 0 bridgehead atoms. The quantitative estimate of drug-likeness (QED) is 0.263. The van der Waals surface area contributed by atoms with Crippen molar-refractivity contribution in [3.63, 3.8) is 0 Å². The van der Waals surface area contributed by atoms with Gasteiger partial charge in [-0.3, -0.25) is 0 Å². The molecule has 6 N–H and O–H groups in total. The van der Waals surface area contributed by atoms with Gasteiger partial charge in [-0.2, -0.15) is 11.0 Å². The molecule has 11 heavy (non-hydrogen) atoms. The van der Waals surface area contributed by atoms with Crippen LogP contribution in [0.4, 0.5) is 0 Å². The van der Waals surface area contributed by atoms with Gasteiger partial charge < -0.3 is 11.5 Å². The maximum Gasteiger partial charge on any atom is 0.0241 e. The maximum atomic E-state index is 5.26. The van der Waals surface area contributed by atoms with Crippen LogP contribution in [-0.2, 0) is 4.94 Å². The minimum Gasteiger partial charge on any atom is -0.330 e. The summed E-state index contributed by atoms with van der Waals surface area (Å²) in [5.41, 5.74) is 15.9. The molecule has 0 amide bonds. The van der Waals surface area contributed by atoms with Crippen LogP contribution in [0.15, 0.2) is 0 Å². The molecule has 0 aliphatic carbocycles. The maximum absolute atomic E-state index is 5.26. The van der Waals surface area contributed by atoms with Crippen LogP contribution in [0.25, 0.3) is 0 Å². The third-order valence-electron chi connectivity index (χ3n) is 1.11. The SMILES string of the molecule is NCCCNONCCCN. The molecule has 68 valence electrons. The highest BCUT2D eigenvalue weighted by atomic mass is 16.8. The van der Waals surface area contributed by atoms with Gasteiger partial charge in [-0.05, 0) is 25.9 Å². The van der Waals surface area contributed by atoms with Crippen LogP contribution in [0, 0.1) is 0 Å². The van der Waals surface area contributed by atoms with E-state index in [1.54, 1.807) is 0 Å². The molecule has 0 unspecified atom stereocenters. The van der Waals surface area contributed by atoms with Gasteiger partial charge in [-0.25, -0.2) is 4.94 Å². The van der Waals surface area contributed by atoms with E-state index in [0.717, 1.165) is 25.9 Å². The summed E-state index contributed by atoms with van der Waals surface area (Å²) in [4.78, 5) is 4.83. The van der Waals surface area contributed by atoms with Crippen molar-refractivity contribution in [1.29, 1.82) is 0 Å². The molecule has 0 saturated carbocycles. The number of hydrogen-bond acceptors (Lipinski definition) is 5. The summed E-state index contributed by atoms with van der Waals surface area (Å²) >= 11 is 0. The van der Waals surface area contributed by atoms with Gasteiger partial charge in [0, 0.05) is 13.1 Å². The smallest absolute Gasteiger partial charge is 0.0241 e. The molecule has 0 aliphatic heterocycles. The molecule has 0 rings (SSSR count). The fourth-order valence-electron chi connectivity index (χ4n) is 0.502. The largest absolute Gasteiger partial charge is 0.330 e. The van der Waals surface area contributed by atoms with Gasteiger partial charge in [0.1, 0.15) is 0 Å². The fourth-order valence-corrected chi connectivity index (χ4v) is 0.502. The lowest BCUT2D eigenvalue weighted by Crippen LogP contribution is -2.29. The van der Waals surface area contributed by atoms with Crippen molar-refractivity contribution < 1.29 is 4.94 Å². The third kappa shape index (κ3) is 9.80. The number of hydroxylamine groups is 2. The molecule has 0 spiro atoms. The van der Waals surface area contributed by atoms with Gasteiger partial charge in [0.25, 0.3) is 0 Å². The van der Waals surface area contributed by atoms with E-state index in [1.165, 1.54) is 0 Å². The van der Waals surface area contributed by atoms with Crippen molar-refractivity contribution in [3.05, 3.63) is 0 Å². The van der Waals surface area contributed by atoms with Gasteiger partial charge in [-0.1, -0.05) is 0 Å². The summed E-state index contributed by atoms with van der Waals surface area (Å²) < 4.78 is 0. The molecular weight excluding hydrogens is 144 g/mol. The van der Waals surface area contributed by atoms with Gasteiger partial charge in [-0.15, -0.1) is 0 Å². The average molecular weight is 162 g/mol. The van der Waals surface area contributed by atoms with E-state index in [0.29, 0.717) is 13.1 Å². The number of hydrogen-bond donors (Lipinski definition) is 4. The van der Waals surface area contributed by atoms with Gasteiger partial charge in [0.05, 0.1) is 0 Å². The van der Waals surface area contributed by atoms with Crippen molar-refractivity contribution >= 4 is 0 Å². The number of nitrogens with two attached hydrogens (primary N) is 2. The molecule has 0 heterocycles. The third-order valence-corrected chi connectivity index (χ3v) is 1.11. The lowest BCUT2D eigenvalue weighted by molar-refractivity contribution is -0.0378. The van der Waals surface area contributed by atoms with E-state index in [1.807, 2.05) is 0 Å². The first-order valence-corrected chi connectivity index (χ1v) is 3.93. The minimum atomic E-state index is 0.680. The zero-order valence-electron chi connectivity index (χ0n) is 6.81. The summed E-state index contributed by atoms with van der Waals surface area (Å²) in [5.74, 6) is 0. The summed E-state index contributed by atoms with van der Waals surface area (Å²) in [6.45, 7) is 2.90. The Bertz CT molecular complexity index is 63.6. The topological polar surface area (TPSA) is 85.3 Å². The monoisotopic (exact) mass is 162 g/mol. The zero-order valence-corrected chi connectivity index (χ0v) is 6.81. The molecule has 0 aromatic heterocycles. The van der Waals surface area contributed by atoms with Crippen LogP contribution in [-0.4, -0.2) is 26.2 Å². The minimum absolute atomic E-state index is 0.680. The van der Waals surface area contributed by atoms with Gasteiger partial charge in [0.15, 0.2) is 0 Å². The molecule has 5 nitrogen and oxygen atoms in total. The summed E-state index contributed by atoms with van der Waals surface area (Å²) in [7, 11) is 0. The highest BCUT2D eigenvalue weighted by Crippen LogP contribution is 1.70. The first-order chi connectivity index (χ1) is 5.41. The summed E-state index contributed by atoms with van der Waals surface area (Å²) in [6, 6.07) is 0. The predicted molar refractivity (Wildman–Crippen MR) is 44.4 cm³/mol. The molecule has 0 aliphatic rings. The van der Waals surface area contributed by atoms with Crippen LogP contribution in [0.2, 0.25) is 0 Å². The van der Waals surface area contributed by atoms with Crippen molar-refractivity contribution in [2.45, 2.75) is 12.8 Å². The molecule has 0 fully saturated rings. The molecular formula is C6H18N4O. The zero-order chi connectivity index (χ0) is 8.36. The fraction of sp³-hybridized carbons (Fsp3) is 1.00. The van der Waals surface area contributed by atoms with Gasteiger partial charge in [0.2, 0.25) is 0 Å². The Morgan fingerprint density at radius 2 is 1.36 bits per heavy atom. The Kier molecular flexibility index (Phi) is 9.62. The van der Waals surface area contributed by atoms with Crippen molar-refractivity contribution in [2.24, 2.45) is 11.5 Å². The highest BCUT2D eigenvalue weighted by Gasteiger charge is 1.85. The van der Waals surface area contributed by atoms with Crippen LogP contribution >= 0.6 is 0 Å². The van der Waals surface area contributed by atoms with Crippen molar-refractivity contribution in [2.75, 3.05) is 26.2 Å². The Morgan fingerprint density at radius 3 is 1.73 bits per heavy atom. The Balaban J connectivity index is 2.69. The Hall–Kier alpha value is -0.200. The second-order valence-corrected chi connectivity index (χ2v) is 2.18. The summed E-state index contributed by atoms with van der Waals surface area (Å²) in [5, 5.41) is 0. The van der Waals surface area contributed by atoms with Gasteiger partial charge >= 0.3 is 0 Å². The molecule has 0 atom stereocenters. The standard InChI is InChI=1S/C6H18N4O/c7-3-1-5-9-11-10-6-2-4-8/h9-10H,1-8H2. The van der Waals surface area contributed by atoms with E-state index >= 15 is 0 Å². The van der Waals surface area contributed by atoms with Crippen molar-refractivity contribution in [3.8, 4) is 0 Å². The molecule has 0 saturated heterocycles. The van der Waals surface area contributed by atoms with E-state index in [2.05, 4.69) is 11.0 Å². The lowest BCUT2D eigenvalue weighted by atomic mass is 10.4. The normalized spacial score (nSPS) is 10.4. The number of nitrogens with one attached hydrogen (secondary N) is 2. The van der Waals surface area contributed by atoms with Crippen LogP contribution in [0.5, 0.6) is 0 Å². The summed E-state index contributed by atoms with van der Waals surface area (Å²) in [6.07, 6.45) is 1.83. The molecule has 0 aromatic rings. The van der Waals surface area contributed by atoms with Crippen LogP contribution < -0.4 is 22.4 Å². The lowest BCUT2D eigenvalue weighted by Gasteiger charge is -2.04. The van der Waals surface area contributed by atoms with E-state index in [4.69, 9.17) is 16.4 Å². The van der Waals surface area contributed by atoms with Crippen molar-refractivity contribution in [1.82, 2.24) is 11.0 Å². The Morgan fingerprint density at radius 1 is 0.909 bits per heavy atom. The average Bonchev–Trinajstić information content (AvgIpc) is 2.03. The second kappa shape index (κ2) is 9.80. The molecule has 0 radical (unpaired) electrons. The first-order valence-electron chi connectivity index (χ1n) is 3.93. The number of rotatable bonds is 8. The highest BCUT2D eigenvalue weighted by molar-refractivity contribution is 4.38. The molecule has 5 heteroatoms. The molecule has 0 aromatic carbocycles. The van der Waals surface area contributed by atoms with Crippen LogP contribution in [0.3, 0.4) is 0 Å². The van der Waals surface area contributed by atoms with E-state index < -0.39 is 0 Å². The second-order valence-electron chi connectivity index (χ2n) is 2.18. The van der Waals surface area contributed by atoms with E-state index in [-0.39, 0.29) is 0 Å². The van der Waals surface area contributed by atoms with Crippen LogP contribution in [0.1, 0.15) is 12.8 Å². The first kappa shape index (κ1) is 10.8. The van der Waals surface area contributed by atoms with E-state index in [9.17, 15) is 0 Å². The predicted octanol–water partition coefficient (Wildman–Crippen LogP) is -1.29. The Labute approximate surface area is 67.4 Å².